The Kier molecular flexibility index (Phi) is 5.10. The van der Waals surface area contributed by atoms with Crippen molar-refractivity contribution in [2.45, 2.75) is 57.1 Å². The monoisotopic (exact) mass is 299 g/mol. The molecule has 1 fully saturated rings. The lowest BCUT2D eigenvalue weighted by atomic mass is 9.75. The maximum absolute atomic E-state index is 6.44. The zero-order chi connectivity index (χ0) is 14.8. The third-order valence-electron chi connectivity index (χ3n) is 4.67. The number of hydrogen-bond donors (Lipinski definition) is 1. The van der Waals surface area contributed by atoms with Crippen molar-refractivity contribution in [3.8, 4) is 0 Å². The summed E-state index contributed by atoms with van der Waals surface area (Å²) in [6.07, 6.45) is 6.41. The molecule has 20 heavy (non-hydrogen) atoms. The molecule has 4 nitrogen and oxygen atoms in total. The molecule has 0 bridgehead atoms. The summed E-state index contributed by atoms with van der Waals surface area (Å²) in [6.45, 7) is 2.09. The molecule has 1 aromatic heterocycles. The van der Waals surface area contributed by atoms with E-state index in [1.807, 2.05) is 25.9 Å². The lowest BCUT2D eigenvalue weighted by Crippen LogP contribution is -2.46. The number of ether oxygens (including phenoxy) is 1. The molecule has 1 saturated carbocycles. The van der Waals surface area contributed by atoms with Crippen molar-refractivity contribution in [2.75, 3.05) is 14.2 Å². The predicted octanol–water partition coefficient (Wildman–Crippen LogP) is 2.73. The van der Waals surface area contributed by atoms with E-state index in [0.717, 1.165) is 35.7 Å². The zero-order valence-corrected chi connectivity index (χ0v) is 13.8. The summed E-state index contributed by atoms with van der Waals surface area (Å²) in [4.78, 5) is 0. The minimum absolute atomic E-state index is 0.0757. The van der Waals surface area contributed by atoms with E-state index in [1.165, 1.54) is 19.3 Å². The van der Waals surface area contributed by atoms with Gasteiger partial charge in [-0.1, -0.05) is 18.5 Å². The van der Waals surface area contributed by atoms with Crippen LogP contribution in [0.2, 0.25) is 5.02 Å². The number of nitrogens with zero attached hydrogens (tertiary/aromatic N) is 2. The highest BCUT2D eigenvalue weighted by molar-refractivity contribution is 6.31. The van der Waals surface area contributed by atoms with Crippen molar-refractivity contribution in [1.29, 1.82) is 0 Å². The summed E-state index contributed by atoms with van der Waals surface area (Å²) >= 11 is 6.44. The minimum atomic E-state index is 0.0757. The number of hydrogen-bond acceptors (Lipinski definition) is 3. The van der Waals surface area contributed by atoms with Crippen molar-refractivity contribution >= 4 is 11.6 Å². The number of nitrogens with one attached hydrogen (secondary N) is 1. The average Bonchev–Trinajstić information content (AvgIpc) is 2.68. The van der Waals surface area contributed by atoms with Crippen LogP contribution >= 0.6 is 11.6 Å². The summed E-state index contributed by atoms with van der Waals surface area (Å²) in [5.41, 5.74) is 2.18. The lowest BCUT2D eigenvalue weighted by molar-refractivity contribution is -0.0831. The maximum atomic E-state index is 6.44. The molecule has 0 aromatic carbocycles. The van der Waals surface area contributed by atoms with E-state index >= 15 is 0 Å². The molecule has 1 unspecified atom stereocenters. The van der Waals surface area contributed by atoms with E-state index in [-0.39, 0.29) is 5.60 Å². The van der Waals surface area contributed by atoms with Gasteiger partial charge in [0, 0.05) is 26.6 Å². The normalized spacial score (nSPS) is 18.9. The lowest BCUT2D eigenvalue weighted by Gasteiger charge is -2.42. The molecule has 0 radical (unpaired) electrons. The number of rotatable bonds is 7. The topological polar surface area (TPSA) is 39.1 Å². The molecule has 1 aromatic rings. The SMILES string of the molecule is CCc1nn(C)c(CC(CC2(OC)CCC2)NC)c1Cl. The molecule has 0 saturated heterocycles. The highest BCUT2D eigenvalue weighted by Crippen LogP contribution is 2.39. The Morgan fingerprint density at radius 3 is 2.60 bits per heavy atom. The van der Waals surface area contributed by atoms with Gasteiger partial charge in [0.25, 0.3) is 0 Å². The smallest absolute Gasteiger partial charge is 0.0850 e. The number of halogens is 1. The van der Waals surface area contributed by atoms with Crippen LogP contribution in [0.15, 0.2) is 0 Å². The second kappa shape index (κ2) is 6.46. The van der Waals surface area contributed by atoms with Crippen molar-refractivity contribution in [2.24, 2.45) is 7.05 Å². The highest BCUT2D eigenvalue weighted by atomic mass is 35.5. The summed E-state index contributed by atoms with van der Waals surface area (Å²) in [7, 11) is 5.82. The fourth-order valence-electron chi connectivity index (χ4n) is 3.06. The first-order chi connectivity index (χ1) is 9.55. The van der Waals surface area contributed by atoms with Gasteiger partial charge in [-0.15, -0.1) is 0 Å². The van der Waals surface area contributed by atoms with Gasteiger partial charge in [0.15, 0.2) is 0 Å². The highest BCUT2D eigenvalue weighted by Gasteiger charge is 2.39. The van der Waals surface area contributed by atoms with Crippen LogP contribution in [0.25, 0.3) is 0 Å². The predicted molar refractivity (Wildman–Crippen MR) is 82.4 cm³/mol. The van der Waals surface area contributed by atoms with E-state index in [1.54, 1.807) is 0 Å². The van der Waals surface area contributed by atoms with Crippen molar-refractivity contribution in [1.82, 2.24) is 15.1 Å². The van der Waals surface area contributed by atoms with Gasteiger partial charge in [-0.3, -0.25) is 4.68 Å². The summed E-state index contributed by atoms with van der Waals surface area (Å²) in [5.74, 6) is 0. The van der Waals surface area contributed by atoms with E-state index in [2.05, 4.69) is 17.3 Å². The molecule has 1 aliphatic rings. The first-order valence-corrected chi connectivity index (χ1v) is 7.85. The third-order valence-corrected chi connectivity index (χ3v) is 5.10. The van der Waals surface area contributed by atoms with Gasteiger partial charge in [0.1, 0.15) is 0 Å². The number of likely N-dealkylation sites (N-methyl/N-ethyl adjacent to an activating group) is 1. The zero-order valence-electron chi connectivity index (χ0n) is 13.0. The Hall–Kier alpha value is -0.580. The summed E-state index contributed by atoms with van der Waals surface area (Å²) in [6, 6.07) is 0.368. The summed E-state index contributed by atoms with van der Waals surface area (Å²) in [5, 5.41) is 8.73. The van der Waals surface area contributed by atoms with Crippen LogP contribution in [-0.2, 0) is 24.6 Å². The average molecular weight is 300 g/mol. The van der Waals surface area contributed by atoms with Crippen LogP contribution in [0, 0.1) is 0 Å². The van der Waals surface area contributed by atoms with Crippen molar-refractivity contribution < 1.29 is 4.74 Å². The van der Waals surface area contributed by atoms with Crippen molar-refractivity contribution in [3.05, 3.63) is 16.4 Å². The Balaban J connectivity index is 2.08. The molecule has 2 rings (SSSR count). The van der Waals surface area contributed by atoms with Crippen LogP contribution in [0.5, 0.6) is 0 Å². The van der Waals surface area contributed by atoms with Gasteiger partial charge in [-0.05, 0) is 39.2 Å². The Bertz CT molecular complexity index is 449. The Morgan fingerprint density at radius 1 is 1.50 bits per heavy atom. The van der Waals surface area contributed by atoms with Gasteiger partial charge in [0.2, 0.25) is 0 Å². The molecule has 1 N–H and O–H groups in total. The Labute approximate surface area is 126 Å². The largest absolute Gasteiger partial charge is 0.378 e. The van der Waals surface area contributed by atoms with Crippen LogP contribution in [-0.4, -0.2) is 35.6 Å². The molecule has 1 atom stereocenters. The van der Waals surface area contributed by atoms with Gasteiger partial charge in [-0.2, -0.15) is 5.10 Å². The van der Waals surface area contributed by atoms with Crippen molar-refractivity contribution in [3.63, 3.8) is 0 Å². The first kappa shape index (κ1) is 15.8. The van der Waals surface area contributed by atoms with E-state index in [0.29, 0.717) is 6.04 Å². The van der Waals surface area contributed by atoms with E-state index < -0.39 is 0 Å². The van der Waals surface area contributed by atoms with Gasteiger partial charge >= 0.3 is 0 Å². The third kappa shape index (κ3) is 3.02. The molecule has 1 heterocycles. The molecular formula is C15H26ClN3O. The second-order valence-corrected chi connectivity index (χ2v) is 6.20. The standard InChI is InChI=1S/C15H26ClN3O/c1-5-12-14(16)13(19(3)18-12)9-11(17-2)10-15(20-4)7-6-8-15/h11,17H,5-10H2,1-4H3. The van der Waals surface area contributed by atoms with Gasteiger partial charge in [0.05, 0.1) is 22.0 Å². The fourth-order valence-corrected chi connectivity index (χ4v) is 3.43. The number of methoxy groups -OCH3 is 1. The molecule has 114 valence electrons. The van der Waals surface area contributed by atoms with Gasteiger partial charge < -0.3 is 10.1 Å². The molecule has 0 amide bonds. The number of aryl methyl sites for hydroxylation is 2. The molecular weight excluding hydrogens is 274 g/mol. The fraction of sp³-hybridized carbons (Fsp3) is 0.800. The quantitative estimate of drug-likeness (QED) is 0.841. The molecule has 1 aliphatic carbocycles. The van der Waals surface area contributed by atoms with E-state index in [4.69, 9.17) is 16.3 Å². The van der Waals surface area contributed by atoms with Crippen LogP contribution in [0.1, 0.15) is 44.0 Å². The first-order valence-electron chi connectivity index (χ1n) is 7.48. The molecule has 0 spiro atoms. The molecule has 0 aliphatic heterocycles. The summed E-state index contributed by atoms with van der Waals surface area (Å²) < 4.78 is 7.66. The molecule has 5 heteroatoms. The van der Waals surface area contributed by atoms with Crippen LogP contribution in [0.4, 0.5) is 0 Å². The van der Waals surface area contributed by atoms with Gasteiger partial charge in [-0.25, -0.2) is 0 Å². The Morgan fingerprint density at radius 2 is 2.20 bits per heavy atom. The van der Waals surface area contributed by atoms with E-state index in [9.17, 15) is 0 Å². The number of aromatic nitrogens is 2. The maximum Gasteiger partial charge on any atom is 0.0850 e. The minimum Gasteiger partial charge on any atom is -0.378 e. The second-order valence-electron chi connectivity index (χ2n) is 5.82. The van der Waals surface area contributed by atoms with Crippen LogP contribution < -0.4 is 5.32 Å². The van der Waals surface area contributed by atoms with Crippen LogP contribution in [0.3, 0.4) is 0 Å².